The normalized spacial score (nSPS) is 10.2. The summed E-state index contributed by atoms with van der Waals surface area (Å²) < 4.78 is 18.5. The maximum Gasteiger partial charge on any atom is 0.141 e. The number of nitrogens with two attached hydrogens (primary N) is 1. The summed E-state index contributed by atoms with van der Waals surface area (Å²) in [5.41, 5.74) is 7.19. The summed E-state index contributed by atoms with van der Waals surface area (Å²) in [5, 5.41) is 0. The Morgan fingerprint density at radius 2 is 1.95 bits per heavy atom. The van der Waals surface area contributed by atoms with Crippen molar-refractivity contribution in [2.45, 2.75) is 13.0 Å². The fourth-order valence-corrected chi connectivity index (χ4v) is 1.77. The first-order valence-corrected chi connectivity index (χ1v) is 6.14. The summed E-state index contributed by atoms with van der Waals surface area (Å²) in [6, 6.07) is 8.87. The molecule has 0 unspecified atom stereocenters. The molecule has 1 heterocycles. The van der Waals surface area contributed by atoms with Crippen molar-refractivity contribution in [3.05, 3.63) is 59.7 Å². The molecule has 0 aliphatic heterocycles. The molecule has 1 aromatic heterocycles. The van der Waals surface area contributed by atoms with Crippen LogP contribution in [0.3, 0.4) is 0 Å². The largest absolute Gasteiger partial charge is 0.489 e. The van der Waals surface area contributed by atoms with Gasteiger partial charge in [-0.3, -0.25) is 4.98 Å². The molecule has 0 saturated carbocycles. The van der Waals surface area contributed by atoms with Crippen LogP contribution < -0.4 is 10.5 Å². The van der Waals surface area contributed by atoms with Crippen molar-refractivity contribution in [1.82, 2.24) is 4.98 Å². The van der Waals surface area contributed by atoms with E-state index in [0.29, 0.717) is 22.7 Å². The molecule has 0 radical (unpaired) electrons. The summed E-state index contributed by atoms with van der Waals surface area (Å²) in [6.45, 7) is 0.277. The van der Waals surface area contributed by atoms with Crippen LogP contribution >= 0.6 is 12.2 Å². The van der Waals surface area contributed by atoms with Gasteiger partial charge in [-0.05, 0) is 23.8 Å². The zero-order valence-corrected chi connectivity index (χ0v) is 11.0. The lowest BCUT2D eigenvalue weighted by atomic mass is 10.1. The Bertz CT molecular complexity index is 572. The fourth-order valence-electron chi connectivity index (χ4n) is 1.61. The van der Waals surface area contributed by atoms with Crippen molar-refractivity contribution in [2.24, 2.45) is 5.73 Å². The molecule has 1 aromatic carbocycles. The molecule has 0 bridgehead atoms. The van der Waals surface area contributed by atoms with Gasteiger partial charge in [-0.1, -0.05) is 24.4 Å². The molecule has 2 rings (SSSR count). The van der Waals surface area contributed by atoms with Crippen molar-refractivity contribution < 1.29 is 9.13 Å². The van der Waals surface area contributed by atoms with Gasteiger partial charge in [0.15, 0.2) is 0 Å². The van der Waals surface area contributed by atoms with Crippen molar-refractivity contribution in [3.63, 3.8) is 0 Å². The van der Waals surface area contributed by atoms with Crippen molar-refractivity contribution in [2.75, 3.05) is 0 Å². The zero-order chi connectivity index (χ0) is 13.7. The highest BCUT2D eigenvalue weighted by molar-refractivity contribution is 7.80. The quantitative estimate of drug-likeness (QED) is 0.853. The fraction of sp³-hybridized carbons (Fsp3) is 0.143. The number of thiocarbonyl (C=S) groups is 1. The van der Waals surface area contributed by atoms with Gasteiger partial charge < -0.3 is 10.5 Å². The monoisotopic (exact) mass is 276 g/mol. The highest BCUT2D eigenvalue weighted by Gasteiger charge is 2.00. The predicted molar refractivity (Wildman–Crippen MR) is 75.5 cm³/mol. The Morgan fingerprint density at radius 1 is 1.21 bits per heavy atom. The number of nitrogens with zero attached hydrogens (tertiary/aromatic N) is 1. The Balaban J connectivity index is 1.94. The van der Waals surface area contributed by atoms with E-state index in [4.69, 9.17) is 22.7 Å². The number of halogens is 1. The molecule has 19 heavy (non-hydrogen) atoms. The van der Waals surface area contributed by atoms with Crippen LogP contribution in [0.15, 0.2) is 42.7 Å². The summed E-state index contributed by atoms with van der Waals surface area (Å²) >= 11 is 4.84. The van der Waals surface area contributed by atoms with Gasteiger partial charge >= 0.3 is 0 Å². The van der Waals surface area contributed by atoms with Gasteiger partial charge in [-0.2, -0.15) is 0 Å². The number of pyridine rings is 1. The highest BCUT2D eigenvalue weighted by Crippen LogP contribution is 2.14. The minimum Gasteiger partial charge on any atom is -0.489 e. The third-order valence-corrected chi connectivity index (χ3v) is 2.61. The van der Waals surface area contributed by atoms with Crippen LogP contribution in [0.4, 0.5) is 4.39 Å². The average molecular weight is 276 g/mol. The van der Waals surface area contributed by atoms with Crippen LogP contribution in [-0.4, -0.2) is 9.97 Å². The standard InChI is InChI=1S/C14H13FN2OS/c15-12-5-11(7-17-8-12)9-18-13-3-1-10(2-4-13)6-14(16)19/h1-5,7-8H,6,9H2,(H2,16,19). The third kappa shape index (κ3) is 4.30. The first-order chi connectivity index (χ1) is 9.13. The van der Waals surface area contributed by atoms with Crippen LogP contribution in [0.5, 0.6) is 5.75 Å². The Hall–Kier alpha value is -2.01. The lowest BCUT2D eigenvalue weighted by molar-refractivity contribution is 0.305. The Morgan fingerprint density at radius 3 is 2.58 bits per heavy atom. The van der Waals surface area contributed by atoms with Crippen LogP contribution in [0, 0.1) is 5.82 Å². The number of hydrogen-bond acceptors (Lipinski definition) is 3. The van der Waals surface area contributed by atoms with Gasteiger partial charge in [0.05, 0.1) is 11.2 Å². The SMILES string of the molecule is NC(=S)Cc1ccc(OCc2cncc(F)c2)cc1. The second kappa shape index (κ2) is 6.24. The maximum atomic E-state index is 12.9. The van der Waals surface area contributed by atoms with Crippen LogP contribution in [0.25, 0.3) is 0 Å². The van der Waals surface area contributed by atoms with Gasteiger partial charge in [0.25, 0.3) is 0 Å². The molecule has 0 aliphatic rings. The van der Waals surface area contributed by atoms with E-state index in [2.05, 4.69) is 4.98 Å². The first kappa shape index (κ1) is 13.4. The van der Waals surface area contributed by atoms with E-state index < -0.39 is 0 Å². The van der Waals surface area contributed by atoms with Crippen molar-refractivity contribution in [3.8, 4) is 5.75 Å². The smallest absolute Gasteiger partial charge is 0.141 e. The van der Waals surface area contributed by atoms with Crippen LogP contribution in [0.2, 0.25) is 0 Å². The topological polar surface area (TPSA) is 48.1 Å². The summed E-state index contributed by atoms with van der Waals surface area (Å²) in [4.78, 5) is 4.22. The number of hydrogen-bond donors (Lipinski definition) is 1. The highest BCUT2D eigenvalue weighted by atomic mass is 32.1. The minimum absolute atomic E-state index is 0.277. The molecule has 98 valence electrons. The molecule has 2 N–H and O–H groups in total. The maximum absolute atomic E-state index is 12.9. The Labute approximate surface area is 116 Å². The molecule has 0 atom stereocenters. The van der Waals surface area contributed by atoms with E-state index in [1.54, 1.807) is 6.20 Å². The molecule has 0 fully saturated rings. The van der Waals surface area contributed by atoms with Crippen molar-refractivity contribution >= 4 is 17.2 Å². The second-order valence-electron chi connectivity index (χ2n) is 4.09. The summed E-state index contributed by atoms with van der Waals surface area (Å²) in [6.07, 6.45) is 3.31. The molecule has 0 saturated heterocycles. The van der Waals surface area contributed by atoms with E-state index in [1.807, 2.05) is 24.3 Å². The first-order valence-electron chi connectivity index (χ1n) is 5.73. The van der Waals surface area contributed by atoms with Gasteiger partial charge in [0, 0.05) is 18.2 Å². The number of rotatable bonds is 5. The number of ether oxygens (including phenoxy) is 1. The van der Waals surface area contributed by atoms with E-state index in [0.717, 1.165) is 11.8 Å². The van der Waals surface area contributed by atoms with Gasteiger partial charge in [-0.25, -0.2) is 4.39 Å². The van der Waals surface area contributed by atoms with Crippen LogP contribution in [0.1, 0.15) is 11.1 Å². The van der Waals surface area contributed by atoms with Crippen LogP contribution in [-0.2, 0) is 13.0 Å². The lowest BCUT2D eigenvalue weighted by Crippen LogP contribution is -2.10. The zero-order valence-electron chi connectivity index (χ0n) is 10.2. The van der Waals surface area contributed by atoms with Gasteiger partial charge in [0.2, 0.25) is 0 Å². The van der Waals surface area contributed by atoms with E-state index in [9.17, 15) is 4.39 Å². The summed E-state index contributed by atoms with van der Waals surface area (Å²) in [7, 11) is 0. The number of aromatic nitrogens is 1. The lowest BCUT2D eigenvalue weighted by Gasteiger charge is -2.07. The molecule has 0 amide bonds. The molecule has 3 nitrogen and oxygen atoms in total. The third-order valence-electron chi connectivity index (χ3n) is 2.47. The second-order valence-corrected chi connectivity index (χ2v) is 4.61. The molecular formula is C14H13FN2OS. The van der Waals surface area contributed by atoms with E-state index in [1.165, 1.54) is 6.07 Å². The Kier molecular flexibility index (Phi) is 4.41. The van der Waals surface area contributed by atoms with Gasteiger partial charge in [0.1, 0.15) is 18.2 Å². The van der Waals surface area contributed by atoms with E-state index in [-0.39, 0.29) is 12.4 Å². The minimum atomic E-state index is -0.368. The predicted octanol–water partition coefficient (Wildman–Crippen LogP) is 2.63. The van der Waals surface area contributed by atoms with Crippen molar-refractivity contribution in [1.29, 1.82) is 0 Å². The molecule has 5 heteroatoms. The average Bonchev–Trinajstić information content (AvgIpc) is 2.37. The molecular weight excluding hydrogens is 263 g/mol. The van der Waals surface area contributed by atoms with Gasteiger partial charge in [-0.15, -0.1) is 0 Å². The molecule has 0 spiro atoms. The summed E-state index contributed by atoms with van der Waals surface area (Å²) in [5.74, 6) is 0.337. The number of benzene rings is 1. The molecule has 2 aromatic rings. The van der Waals surface area contributed by atoms with E-state index >= 15 is 0 Å². The molecule has 0 aliphatic carbocycles.